The molecule has 1 aliphatic carbocycles. The number of nitrogens with zero attached hydrogens (tertiary/aromatic N) is 2. The number of hydrogen-bond acceptors (Lipinski definition) is 7. The standard InChI is InChI=1S/C26H35ClN6O2S/c1-2-8-20(19-31-36(34,35)22-11-7-10-21(27)14-15-22)9-5-6-17-30-26-32-24-13-4-3-12-23(24)25(33-26)29-18-16-28/h3-4,10-15,20,31H,2,5-6,8-9,16-19,28H2,1H3,(H2,29,30,32,33)/t20-/m0/s1. The van der Waals surface area contributed by atoms with Gasteiger partial charge in [-0.2, -0.15) is 4.98 Å². The molecule has 0 aliphatic heterocycles. The van der Waals surface area contributed by atoms with E-state index in [1.165, 1.54) is 18.2 Å². The van der Waals surface area contributed by atoms with Crippen molar-refractivity contribution in [1.29, 1.82) is 0 Å². The van der Waals surface area contributed by atoms with Crippen LogP contribution in [0.15, 0.2) is 64.2 Å². The lowest BCUT2D eigenvalue weighted by Gasteiger charge is -2.17. The number of fused-ring (bicyclic) bond motifs is 1. The first kappa shape index (κ1) is 27.9. The van der Waals surface area contributed by atoms with E-state index in [1.807, 2.05) is 24.3 Å². The number of rotatable bonds is 15. The second-order valence-corrected chi connectivity index (χ2v) is 10.8. The molecule has 36 heavy (non-hydrogen) atoms. The van der Waals surface area contributed by atoms with E-state index in [4.69, 9.17) is 17.3 Å². The Labute approximate surface area is 218 Å². The minimum absolute atomic E-state index is 0.157. The molecule has 0 fully saturated rings. The Balaban J connectivity index is 1.49. The van der Waals surface area contributed by atoms with E-state index in [0.29, 0.717) is 30.6 Å². The first-order valence-electron chi connectivity index (χ1n) is 12.4. The highest BCUT2D eigenvalue weighted by molar-refractivity contribution is 7.93. The summed E-state index contributed by atoms with van der Waals surface area (Å²) in [6.07, 6.45) is 10.8. The molecule has 0 bridgehead atoms. The second kappa shape index (κ2) is 14.2. The zero-order valence-electron chi connectivity index (χ0n) is 20.6. The van der Waals surface area contributed by atoms with Gasteiger partial charge in [0, 0.05) is 42.7 Å². The zero-order chi connectivity index (χ0) is 25.8. The van der Waals surface area contributed by atoms with E-state index < -0.39 is 10.0 Å². The molecule has 3 rings (SSSR count). The smallest absolute Gasteiger partial charge is 0.241 e. The number of nitrogens with two attached hydrogens (primary N) is 1. The Kier molecular flexibility index (Phi) is 11.0. The fraction of sp³-hybridized carbons (Fsp3) is 0.423. The van der Waals surface area contributed by atoms with Crippen LogP contribution in [0, 0.1) is 5.92 Å². The van der Waals surface area contributed by atoms with Crippen LogP contribution in [-0.4, -0.2) is 44.6 Å². The molecule has 0 spiro atoms. The van der Waals surface area contributed by atoms with Crippen molar-refractivity contribution in [3.63, 3.8) is 0 Å². The predicted molar refractivity (Wildman–Crippen MR) is 149 cm³/mol. The fourth-order valence-corrected chi connectivity index (χ4v) is 5.15. The number of unbranched alkanes of at least 4 members (excludes halogenated alkanes) is 1. The Bertz CT molecular complexity index is 1250. The van der Waals surface area contributed by atoms with Crippen LogP contribution in [0.2, 0.25) is 0 Å². The molecule has 1 atom stereocenters. The highest BCUT2D eigenvalue weighted by Crippen LogP contribution is 2.22. The number of halogens is 1. The summed E-state index contributed by atoms with van der Waals surface area (Å²) in [7, 11) is -3.62. The van der Waals surface area contributed by atoms with Crippen LogP contribution in [0.3, 0.4) is 0 Å². The minimum Gasteiger partial charge on any atom is -0.368 e. The zero-order valence-corrected chi connectivity index (χ0v) is 22.2. The SMILES string of the molecule is CCC[C@@H](CCCCNc1nc(NCCN)c2ccccc2n1)CNS(=O)(=O)C1=CC=C(Cl)C=C=C1. The molecule has 0 saturated heterocycles. The summed E-state index contributed by atoms with van der Waals surface area (Å²) in [6, 6.07) is 7.88. The molecule has 0 unspecified atom stereocenters. The van der Waals surface area contributed by atoms with Crippen molar-refractivity contribution < 1.29 is 8.42 Å². The van der Waals surface area contributed by atoms with Crippen molar-refractivity contribution in [3.8, 4) is 0 Å². The highest BCUT2D eigenvalue weighted by atomic mass is 35.5. The van der Waals surface area contributed by atoms with Crippen molar-refractivity contribution in [1.82, 2.24) is 14.7 Å². The van der Waals surface area contributed by atoms with E-state index >= 15 is 0 Å². The molecular weight excluding hydrogens is 496 g/mol. The Morgan fingerprint density at radius 1 is 1.06 bits per heavy atom. The maximum absolute atomic E-state index is 12.7. The van der Waals surface area contributed by atoms with Crippen molar-refractivity contribution in [2.75, 3.05) is 36.8 Å². The lowest BCUT2D eigenvalue weighted by Crippen LogP contribution is -2.30. The van der Waals surface area contributed by atoms with Crippen LogP contribution < -0.4 is 21.1 Å². The van der Waals surface area contributed by atoms with Crippen LogP contribution in [0.4, 0.5) is 11.8 Å². The predicted octanol–water partition coefficient (Wildman–Crippen LogP) is 4.65. The van der Waals surface area contributed by atoms with E-state index in [9.17, 15) is 8.42 Å². The highest BCUT2D eigenvalue weighted by Gasteiger charge is 2.18. The van der Waals surface area contributed by atoms with Gasteiger partial charge in [-0.05, 0) is 55.5 Å². The Hall–Kier alpha value is -2.68. The third-order valence-corrected chi connectivity index (χ3v) is 7.44. The maximum Gasteiger partial charge on any atom is 0.241 e. The van der Waals surface area contributed by atoms with Crippen molar-refractivity contribution in [2.24, 2.45) is 11.7 Å². The van der Waals surface area contributed by atoms with Gasteiger partial charge >= 0.3 is 0 Å². The maximum atomic E-state index is 12.7. The average molecular weight is 531 g/mol. The van der Waals surface area contributed by atoms with Crippen LogP contribution in [0.5, 0.6) is 0 Å². The van der Waals surface area contributed by atoms with Crippen molar-refractivity contribution >= 4 is 44.3 Å². The molecule has 1 aromatic carbocycles. The van der Waals surface area contributed by atoms with E-state index in [1.54, 1.807) is 6.08 Å². The van der Waals surface area contributed by atoms with Crippen molar-refractivity contribution in [3.05, 3.63) is 64.2 Å². The number of aromatic nitrogens is 2. The molecule has 1 aromatic heterocycles. The third-order valence-electron chi connectivity index (χ3n) is 5.79. The lowest BCUT2D eigenvalue weighted by molar-refractivity contribution is 0.423. The Morgan fingerprint density at radius 3 is 2.69 bits per heavy atom. The first-order valence-corrected chi connectivity index (χ1v) is 14.2. The lowest BCUT2D eigenvalue weighted by atomic mass is 9.97. The molecule has 1 heterocycles. The Morgan fingerprint density at radius 2 is 1.89 bits per heavy atom. The van der Waals surface area contributed by atoms with E-state index in [2.05, 4.69) is 38.0 Å². The largest absolute Gasteiger partial charge is 0.368 e. The van der Waals surface area contributed by atoms with Crippen LogP contribution in [-0.2, 0) is 10.0 Å². The van der Waals surface area contributed by atoms with E-state index in [0.717, 1.165) is 55.4 Å². The molecule has 5 N–H and O–H groups in total. The number of anilines is 2. The van der Waals surface area contributed by atoms with Gasteiger partial charge in [0.2, 0.25) is 16.0 Å². The van der Waals surface area contributed by atoms with Crippen LogP contribution in [0.25, 0.3) is 10.9 Å². The molecule has 2 aromatic rings. The summed E-state index contributed by atoms with van der Waals surface area (Å²) in [5.41, 5.74) is 9.30. The van der Waals surface area contributed by atoms with Crippen LogP contribution >= 0.6 is 11.6 Å². The quantitative estimate of drug-likeness (QED) is 0.195. The minimum atomic E-state index is -3.62. The molecule has 0 saturated carbocycles. The summed E-state index contributed by atoms with van der Waals surface area (Å²) in [6.45, 7) is 4.41. The summed E-state index contributed by atoms with van der Waals surface area (Å²) in [5.74, 6) is 1.62. The second-order valence-electron chi connectivity index (χ2n) is 8.63. The van der Waals surface area contributed by atoms with Gasteiger partial charge in [-0.15, -0.1) is 5.73 Å². The normalized spacial score (nSPS) is 14.3. The van der Waals surface area contributed by atoms with Gasteiger partial charge in [0.25, 0.3) is 0 Å². The number of hydrogen-bond donors (Lipinski definition) is 4. The summed E-state index contributed by atoms with van der Waals surface area (Å²) < 4.78 is 28.2. The van der Waals surface area contributed by atoms with Gasteiger partial charge in [-0.1, -0.05) is 43.5 Å². The average Bonchev–Trinajstić information content (AvgIpc) is 3.10. The van der Waals surface area contributed by atoms with Crippen molar-refractivity contribution in [2.45, 2.75) is 39.0 Å². The van der Waals surface area contributed by atoms with Crippen LogP contribution in [0.1, 0.15) is 39.0 Å². The molecule has 194 valence electrons. The number of allylic oxidation sites excluding steroid dienone is 4. The van der Waals surface area contributed by atoms with Gasteiger partial charge in [-0.3, -0.25) is 0 Å². The third kappa shape index (κ3) is 8.47. The van der Waals surface area contributed by atoms with Gasteiger partial charge < -0.3 is 16.4 Å². The molecule has 0 amide bonds. The number of benzene rings is 1. The molecule has 1 aliphatic rings. The summed E-state index contributed by atoms with van der Waals surface area (Å²) >= 11 is 5.92. The first-order chi connectivity index (χ1) is 17.4. The van der Waals surface area contributed by atoms with Gasteiger partial charge in [0.05, 0.1) is 10.4 Å². The van der Waals surface area contributed by atoms with Gasteiger partial charge in [0.15, 0.2) is 0 Å². The van der Waals surface area contributed by atoms with E-state index in [-0.39, 0.29) is 10.8 Å². The molecule has 8 nitrogen and oxygen atoms in total. The topological polar surface area (TPSA) is 122 Å². The molecule has 0 radical (unpaired) electrons. The fourth-order valence-electron chi connectivity index (χ4n) is 3.94. The molecule has 10 heteroatoms. The number of nitrogens with one attached hydrogen (secondary N) is 3. The summed E-state index contributed by atoms with van der Waals surface area (Å²) in [5, 5.41) is 8.00. The monoisotopic (exact) mass is 530 g/mol. The molecular formula is C26H35ClN6O2S. The summed E-state index contributed by atoms with van der Waals surface area (Å²) in [4.78, 5) is 9.40. The van der Waals surface area contributed by atoms with Gasteiger partial charge in [-0.25, -0.2) is 18.1 Å². The number of sulfonamides is 1. The van der Waals surface area contributed by atoms with Gasteiger partial charge in [0.1, 0.15) is 5.82 Å². The number of para-hydroxylation sites is 1.